The van der Waals surface area contributed by atoms with E-state index in [1.165, 1.54) is 17.5 Å². The summed E-state index contributed by atoms with van der Waals surface area (Å²) in [6.07, 6.45) is 5.03. The molecule has 1 aromatic rings. The number of hydrogen-bond donors (Lipinski definition) is 2. The minimum atomic E-state index is -0.223. The van der Waals surface area contributed by atoms with E-state index < -0.39 is 0 Å². The summed E-state index contributed by atoms with van der Waals surface area (Å²) in [5.41, 5.74) is 9.03. The fraction of sp³-hybridized carbons (Fsp3) is 0.667. The first-order valence-electron chi connectivity index (χ1n) is 8.27. The molecule has 21 heavy (non-hydrogen) atoms. The van der Waals surface area contributed by atoms with Crippen LogP contribution in [0, 0.1) is 6.92 Å². The van der Waals surface area contributed by atoms with Gasteiger partial charge in [0.05, 0.1) is 12.1 Å². The number of nitrogens with zero attached hydrogens (tertiary/aromatic N) is 1. The normalized spacial score (nSPS) is 25.8. The van der Waals surface area contributed by atoms with Gasteiger partial charge in [0.25, 0.3) is 0 Å². The number of aliphatic hydroxyl groups excluding tert-OH is 1. The molecule has 0 aliphatic heterocycles. The van der Waals surface area contributed by atoms with Gasteiger partial charge in [0.1, 0.15) is 0 Å². The minimum absolute atomic E-state index is 0.0882. The number of nitrogens with two attached hydrogens (primary N) is 1. The second-order valence-electron chi connectivity index (χ2n) is 6.46. The molecule has 3 N–H and O–H groups in total. The van der Waals surface area contributed by atoms with E-state index in [0.29, 0.717) is 0 Å². The first-order valence-corrected chi connectivity index (χ1v) is 8.27. The lowest BCUT2D eigenvalue weighted by Gasteiger charge is -2.42. The van der Waals surface area contributed by atoms with Crippen molar-refractivity contribution >= 4 is 0 Å². The van der Waals surface area contributed by atoms with E-state index in [4.69, 9.17) is 5.73 Å². The van der Waals surface area contributed by atoms with Gasteiger partial charge in [0.15, 0.2) is 0 Å². The van der Waals surface area contributed by atoms with E-state index >= 15 is 0 Å². The van der Waals surface area contributed by atoms with Crippen LogP contribution in [0.1, 0.15) is 56.2 Å². The van der Waals surface area contributed by atoms with Crippen LogP contribution in [0.15, 0.2) is 24.3 Å². The second-order valence-corrected chi connectivity index (χ2v) is 6.46. The number of aliphatic hydroxyl groups is 1. The molecule has 118 valence electrons. The Hall–Kier alpha value is -0.900. The van der Waals surface area contributed by atoms with E-state index in [-0.39, 0.29) is 24.2 Å². The van der Waals surface area contributed by atoms with Crippen LogP contribution >= 0.6 is 0 Å². The summed E-state index contributed by atoms with van der Waals surface area (Å²) in [6, 6.07) is 8.98. The van der Waals surface area contributed by atoms with Gasteiger partial charge in [-0.2, -0.15) is 0 Å². The molecule has 0 bridgehead atoms. The lowest BCUT2D eigenvalue weighted by atomic mass is 9.87. The van der Waals surface area contributed by atoms with E-state index in [1.807, 2.05) is 0 Å². The van der Waals surface area contributed by atoms with Crippen molar-refractivity contribution in [2.24, 2.45) is 5.73 Å². The van der Waals surface area contributed by atoms with Gasteiger partial charge < -0.3 is 10.8 Å². The topological polar surface area (TPSA) is 49.5 Å². The third-order valence-electron chi connectivity index (χ3n) is 5.04. The molecule has 1 aliphatic carbocycles. The number of rotatable bonds is 5. The Bertz CT molecular complexity index is 449. The molecule has 1 aliphatic rings. The first kappa shape index (κ1) is 16.5. The zero-order chi connectivity index (χ0) is 15.4. The molecule has 1 saturated carbocycles. The maximum Gasteiger partial charge on any atom is 0.0695 e. The number of benzene rings is 1. The molecular formula is C18H30N2O. The van der Waals surface area contributed by atoms with Gasteiger partial charge in [-0.05, 0) is 44.4 Å². The Morgan fingerprint density at radius 3 is 2.57 bits per heavy atom. The third-order valence-corrected chi connectivity index (χ3v) is 5.04. The molecule has 0 saturated heterocycles. The Balaban J connectivity index is 2.29. The summed E-state index contributed by atoms with van der Waals surface area (Å²) in [5.74, 6) is 0. The van der Waals surface area contributed by atoms with Crippen molar-refractivity contribution in [2.75, 3.05) is 7.05 Å². The Labute approximate surface area is 129 Å². The van der Waals surface area contributed by atoms with Crippen molar-refractivity contribution in [1.82, 2.24) is 4.90 Å². The molecule has 4 unspecified atom stereocenters. The highest BCUT2D eigenvalue weighted by molar-refractivity contribution is 5.30. The summed E-state index contributed by atoms with van der Waals surface area (Å²) < 4.78 is 0. The van der Waals surface area contributed by atoms with Crippen LogP contribution in [-0.4, -0.2) is 35.2 Å². The molecule has 1 aromatic carbocycles. The molecule has 0 amide bonds. The van der Waals surface area contributed by atoms with Crippen molar-refractivity contribution < 1.29 is 5.11 Å². The lowest BCUT2D eigenvalue weighted by Crippen LogP contribution is -2.49. The monoisotopic (exact) mass is 290 g/mol. The highest BCUT2D eigenvalue weighted by Crippen LogP contribution is 2.32. The Kier molecular flexibility index (Phi) is 5.80. The van der Waals surface area contributed by atoms with Gasteiger partial charge in [0.2, 0.25) is 0 Å². The summed E-state index contributed by atoms with van der Waals surface area (Å²) in [5, 5.41) is 10.4. The molecule has 0 radical (unpaired) electrons. The predicted molar refractivity (Wildman–Crippen MR) is 88.2 cm³/mol. The number of likely N-dealkylation sites (N-methyl/N-ethyl adjacent to an activating group) is 1. The molecule has 1 fully saturated rings. The van der Waals surface area contributed by atoms with E-state index in [0.717, 1.165) is 25.7 Å². The Morgan fingerprint density at radius 2 is 1.95 bits per heavy atom. The molecule has 0 spiro atoms. The van der Waals surface area contributed by atoms with Crippen LogP contribution in [-0.2, 0) is 0 Å². The van der Waals surface area contributed by atoms with Crippen molar-refractivity contribution in [3.63, 3.8) is 0 Å². The van der Waals surface area contributed by atoms with Crippen LogP contribution in [0.2, 0.25) is 0 Å². The SMILES string of the molecule is CCC(N)C(c1ccccc1C)N(C)C1CCCCC1O. The van der Waals surface area contributed by atoms with Gasteiger partial charge in [-0.3, -0.25) is 4.90 Å². The second kappa shape index (κ2) is 7.39. The van der Waals surface area contributed by atoms with Crippen LogP contribution in [0.4, 0.5) is 0 Å². The van der Waals surface area contributed by atoms with Crippen LogP contribution in [0.3, 0.4) is 0 Å². The predicted octanol–water partition coefficient (Wildman–Crippen LogP) is 3.01. The van der Waals surface area contributed by atoms with Gasteiger partial charge in [-0.15, -0.1) is 0 Å². The standard InChI is InChI=1S/C18H30N2O/c1-4-15(19)18(14-10-6-5-9-13(14)2)20(3)16-11-7-8-12-17(16)21/h5-6,9-10,15-18,21H,4,7-8,11-12,19H2,1-3H3. The molecule has 2 rings (SSSR count). The maximum absolute atomic E-state index is 10.4. The van der Waals surface area contributed by atoms with E-state index in [1.54, 1.807) is 0 Å². The van der Waals surface area contributed by atoms with Crippen LogP contribution < -0.4 is 5.73 Å². The quantitative estimate of drug-likeness (QED) is 0.876. The number of hydrogen-bond acceptors (Lipinski definition) is 3. The van der Waals surface area contributed by atoms with E-state index in [2.05, 4.69) is 50.1 Å². The number of aryl methyl sites for hydroxylation is 1. The first-order chi connectivity index (χ1) is 10.1. The smallest absolute Gasteiger partial charge is 0.0695 e. The van der Waals surface area contributed by atoms with Crippen LogP contribution in [0.5, 0.6) is 0 Å². The third kappa shape index (κ3) is 3.65. The van der Waals surface area contributed by atoms with Crippen molar-refractivity contribution in [2.45, 2.75) is 70.2 Å². The fourth-order valence-corrected chi connectivity index (χ4v) is 3.67. The van der Waals surface area contributed by atoms with E-state index in [9.17, 15) is 5.11 Å². The summed E-state index contributed by atoms with van der Waals surface area (Å²) >= 11 is 0. The Morgan fingerprint density at radius 1 is 1.29 bits per heavy atom. The van der Waals surface area contributed by atoms with Gasteiger partial charge >= 0.3 is 0 Å². The summed E-state index contributed by atoms with van der Waals surface area (Å²) in [7, 11) is 2.13. The summed E-state index contributed by atoms with van der Waals surface area (Å²) in [6.45, 7) is 4.29. The molecule has 3 nitrogen and oxygen atoms in total. The molecule has 4 atom stereocenters. The largest absolute Gasteiger partial charge is 0.391 e. The fourth-order valence-electron chi connectivity index (χ4n) is 3.67. The average Bonchev–Trinajstić information content (AvgIpc) is 2.49. The summed E-state index contributed by atoms with van der Waals surface area (Å²) in [4.78, 5) is 2.33. The molecule has 0 heterocycles. The van der Waals surface area contributed by atoms with Gasteiger partial charge in [0, 0.05) is 12.1 Å². The maximum atomic E-state index is 10.4. The average molecular weight is 290 g/mol. The van der Waals surface area contributed by atoms with Gasteiger partial charge in [-0.1, -0.05) is 44.0 Å². The van der Waals surface area contributed by atoms with Gasteiger partial charge in [-0.25, -0.2) is 0 Å². The highest BCUT2D eigenvalue weighted by Gasteiger charge is 2.34. The minimum Gasteiger partial charge on any atom is -0.391 e. The molecule has 3 heteroatoms. The molecule has 0 aromatic heterocycles. The van der Waals surface area contributed by atoms with Crippen molar-refractivity contribution in [1.29, 1.82) is 0 Å². The zero-order valence-electron chi connectivity index (χ0n) is 13.6. The highest BCUT2D eigenvalue weighted by atomic mass is 16.3. The van der Waals surface area contributed by atoms with Crippen molar-refractivity contribution in [3.8, 4) is 0 Å². The van der Waals surface area contributed by atoms with Crippen LogP contribution in [0.25, 0.3) is 0 Å². The molecular weight excluding hydrogens is 260 g/mol. The zero-order valence-corrected chi connectivity index (χ0v) is 13.6. The van der Waals surface area contributed by atoms with Crippen molar-refractivity contribution in [3.05, 3.63) is 35.4 Å². The lowest BCUT2D eigenvalue weighted by molar-refractivity contribution is 0.00631.